The fourth-order valence-corrected chi connectivity index (χ4v) is 2.28. The van der Waals surface area contributed by atoms with E-state index in [-0.39, 0.29) is 11.5 Å². The number of hydrogen-bond donors (Lipinski definition) is 1. The summed E-state index contributed by atoms with van der Waals surface area (Å²) >= 11 is 0. The van der Waals surface area contributed by atoms with Crippen LogP contribution in [-0.4, -0.2) is 11.2 Å². The molecule has 0 bridgehead atoms. The summed E-state index contributed by atoms with van der Waals surface area (Å²) in [4.78, 5) is 0. The van der Waals surface area contributed by atoms with Crippen LogP contribution in [-0.2, 0) is 0 Å². The zero-order chi connectivity index (χ0) is 10.8. The molecule has 0 heterocycles. The quantitative estimate of drug-likeness (QED) is 0.685. The highest BCUT2D eigenvalue weighted by molar-refractivity contribution is 5.11. The fraction of sp³-hybridized carbons (Fsp3) is 0.846. The molecule has 0 aromatic rings. The van der Waals surface area contributed by atoms with Gasteiger partial charge in [-0.15, -0.1) is 0 Å². The van der Waals surface area contributed by atoms with Crippen molar-refractivity contribution in [3.8, 4) is 0 Å². The van der Waals surface area contributed by atoms with E-state index in [9.17, 15) is 5.11 Å². The molecule has 0 spiro atoms. The van der Waals surface area contributed by atoms with E-state index in [1.807, 2.05) is 0 Å². The summed E-state index contributed by atoms with van der Waals surface area (Å²) in [6, 6.07) is 0. The van der Waals surface area contributed by atoms with Gasteiger partial charge in [-0.2, -0.15) is 0 Å². The minimum absolute atomic E-state index is 0.171. The Morgan fingerprint density at radius 1 is 1.43 bits per heavy atom. The van der Waals surface area contributed by atoms with Crippen LogP contribution in [0.3, 0.4) is 0 Å². The first kappa shape index (κ1) is 11.8. The maximum Gasteiger partial charge on any atom is 0.0571 e. The van der Waals surface area contributed by atoms with Crippen molar-refractivity contribution in [2.45, 2.75) is 59.0 Å². The molecule has 1 nitrogen and oxygen atoms in total. The van der Waals surface area contributed by atoms with Gasteiger partial charge in [0.15, 0.2) is 0 Å². The molecule has 1 N–H and O–H groups in total. The van der Waals surface area contributed by atoms with Crippen molar-refractivity contribution in [2.24, 2.45) is 11.3 Å². The Morgan fingerprint density at radius 3 is 2.57 bits per heavy atom. The smallest absolute Gasteiger partial charge is 0.0571 e. The molecule has 0 saturated heterocycles. The van der Waals surface area contributed by atoms with Crippen LogP contribution in [0, 0.1) is 11.3 Å². The topological polar surface area (TPSA) is 20.2 Å². The van der Waals surface area contributed by atoms with Crippen molar-refractivity contribution in [3.05, 3.63) is 12.2 Å². The maximum absolute atomic E-state index is 9.92. The number of aliphatic hydroxyl groups is 1. The lowest BCUT2D eigenvalue weighted by atomic mass is 9.68. The van der Waals surface area contributed by atoms with E-state index in [2.05, 4.69) is 27.4 Å². The van der Waals surface area contributed by atoms with E-state index < -0.39 is 0 Å². The first-order chi connectivity index (χ1) is 6.46. The summed E-state index contributed by atoms with van der Waals surface area (Å²) in [6.07, 6.45) is 5.65. The van der Waals surface area contributed by atoms with Crippen LogP contribution in [0.4, 0.5) is 0 Å². The van der Waals surface area contributed by atoms with E-state index in [0.29, 0.717) is 5.92 Å². The first-order valence-corrected chi connectivity index (χ1v) is 5.82. The molecular formula is C13H24O. The summed E-state index contributed by atoms with van der Waals surface area (Å²) in [6.45, 7) is 10.6. The Morgan fingerprint density at radius 2 is 2.07 bits per heavy atom. The van der Waals surface area contributed by atoms with E-state index in [4.69, 9.17) is 0 Å². The molecule has 1 aliphatic carbocycles. The Balaban J connectivity index is 2.59. The second-order valence-corrected chi connectivity index (χ2v) is 5.39. The second-order valence-electron chi connectivity index (χ2n) is 5.39. The predicted molar refractivity (Wildman–Crippen MR) is 61.2 cm³/mol. The molecule has 2 atom stereocenters. The third-order valence-corrected chi connectivity index (χ3v) is 3.74. The molecular weight excluding hydrogens is 172 g/mol. The van der Waals surface area contributed by atoms with Gasteiger partial charge in [-0.05, 0) is 37.0 Å². The highest BCUT2D eigenvalue weighted by Gasteiger charge is 2.32. The molecule has 82 valence electrons. The standard InChI is InChI=1S/C13H24O/c1-10(2)12(14)9-13(4)8-6-5-7-11(13)3/h10,12,14H,3,5-9H2,1-2,4H3. The summed E-state index contributed by atoms with van der Waals surface area (Å²) in [7, 11) is 0. The average Bonchev–Trinajstić information content (AvgIpc) is 2.10. The Kier molecular flexibility index (Phi) is 3.77. The summed E-state index contributed by atoms with van der Waals surface area (Å²) in [5.74, 6) is 0.363. The van der Waals surface area contributed by atoms with Gasteiger partial charge >= 0.3 is 0 Å². The number of rotatable bonds is 3. The summed E-state index contributed by atoms with van der Waals surface area (Å²) < 4.78 is 0. The second kappa shape index (κ2) is 4.48. The number of hydrogen-bond acceptors (Lipinski definition) is 1. The largest absolute Gasteiger partial charge is 0.393 e. The lowest BCUT2D eigenvalue weighted by Crippen LogP contribution is -2.30. The van der Waals surface area contributed by atoms with Gasteiger partial charge in [-0.25, -0.2) is 0 Å². The Labute approximate surface area is 88.2 Å². The van der Waals surface area contributed by atoms with Gasteiger partial charge < -0.3 is 5.11 Å². The van der Waals surface area contributed by atoms with Crippen LogP contribution < -0.4 is 0 Å². The predicted octanol–water partition coefficient (Wildman–Crippen LogP) is 3.53. The van der Waals surface area contributed by atoms with E-state index in [1.165, 1.54) is 24.8 Å². The minimum Gasteiger partial charge on any atom is -0.393 e. The monoisotopic (exact) mass is 196 g/mol. The van der Waals surface area contributed by atoms with Gasteiger partial charge in [0, 0.05) is 0 Å². The van der Waals surface area contributed by atoms with Crippen molar-refractivity contribution in [1.29, 1.82) is 0 Å². The Bertz CT molecular complexity index is 207. The molecule has 0 amide bonds. The third-order valence-electron chi connectivity index (χ3n) is 3.74. The van der Waals surface area contributed by atoms with Crippen molar-refractivity contribution >= 4 is 0 Å². The van der Waals surface area contributed by atoms with Crippen molar-refractivity contribution in [2.75, 3.05) is 0 Å². The van der Waals surface area contributed by atoms with Gasteiger partial charge in [0.1, 0.15) is 0 Å². The van der Waals surface area contributed by atoms with Crippen LogP contribution in [0.2, 0.25) is 0 Å². The summed E-state index contributed by atoms with van der Waals surface area (Å²) in [5, 5.41) is 9.92. The van der Waals surface area contributed by atoms with Gasteiger partial charge in [0.2, 0.25) is 0 Å². The number of allylic oxidation sites excluding steroid dienone is 1. The lowest BCUT2D eigenvalue weighted by Gasteiger charge is -2.38. The molecule has 1 saturated carbocycles. The van der Waals surface area contributed by atoms with Crippen molar-refractivity contribution in [1.82, 2.24) is 0 Å². The van der Waals surface area contributed by atoms with Crippen LogP contribution in [0.1, 0.15) is 52.9 Å². The van der Waals surface area contributed by atoms with Crippen molar-refractivity contribution < 1.29 is 5.11 Å². The lowest BCUT2D eigenvalue weighted by molar-refractivity contribution is 0.0714. The van der Waals surface area contributed by atoms with Gasteiger partial charge in [-0.3, -0.25) is 0 Å². The third kappa shape index (κ3) is 2.60. The molecule has 1 aliphatic rings. The van der Waals surface area contributed by atoms with Crippen LogP contribution in [0.25, 0.3) is 0 Å². The van der Waals surface area contributed by atoms with Crippen LogP contribution >= 0.6 is 0 Å². The SMILES string of the molecule is C=C1CCCCC1(C)CC(O)C(C)C. The molecule has 1 fully saturated rings. The van der Waals surface area contributed by atoms with Crippen LogP contribution in [0.5, 0.6) is 0 Å². The zero-order valence-electron chi connectivity index (χ0n) is 9.84. The minimum atomic E-state index is -0.171. The van der Waals surface area contributed by atoms with E-state index >= 15 is 0 Å². The Hall–Kier alpha value is -0.300. The van der Waals surface area contributed by atoms with E-state index in [1.54, 1.807) is 0 Å². The summed E-state index contributed by atoms with van der Waals surface area (Å²) in [5.41, 5.74) is 1.55. The molecule has 0 aromatic carbocycles. The maximum atomic E-state index is 9.92. The van der Waals surface area contributed by atoms with Gasteiger partial charge in [0.05, 0.1) is 6.10 Å². The van der Waals surface area contributed by atoms with Gasteiger partial charge in [-0.1, -0.05) is 39.3 Å². The molecule has 0 aliphatic heterocycles. The van der Waals surface area contributed by atoms with Crippen molar-refractivity contribution in [3.63, 3.8) is 0 Å². The highest BCUT2D eigenvalue weighted by atomic mass is 16.3. The number of aliphatic hydroxyl groups excluding tert-OH is 1. The van der Waals surface area contributed by atoms with E-state index in [0.717, 1.165) is 12.8 Å². The molecule has 2 unspecified atom stereocenters. The fourth-order valence-electron chi connectivity index (χ4n) is 2.28. The van der Waals surface area contributed by atoms with Crippen LogP contribution in [0.15, 0.2) is 12.2 Å². The molecule has 1 rings (SSSR count). The van der Waals surface area contributed by atoms with Gasteiger partial charge in [0.25, 0.3) is 0 Å². The normalized spacial score (nSPS) is 30.8. The molecule has 0 aromatic heterocycles. The molecule has 14 heavy (non-hydrogen) atoms. The molecule has 1 heteroatoms. The first-order valence-electron chi connectivity index (χ1n) is 5.82. The highest BCUT2D eigenvalue weighted by Crippen LogP contribution is 2.43. The zero-order valence-corrected chi connectivity index (χ0v) is 9.84. The molecule has 0 radical (unpaired) electrons. The average molecular weight is 196 g/mol.